The number of hydrogen-bond acceptors (Lipinski definition) is 11. The lowest BCUT2D eigenvalue weighted by Gasteiger charge is -2.28. The van der Waals surface area contributed by atoms with Crippen LogP contribution in [0.1, 0.15) is 23.6 Å². The van der Waals surface area contributed by atoms with E-state index in [1.807, 2.05) is 60.7 Å². The molecule has 0 aliphatic carbocycles. The average Bonchev–Trinajstić information content (AvgIpc) is 3.43. The Morgan fingerprint density at radius 3 is 2.28 bits per heavy atom. The van der Waals surface area contributed by atoms with Crippen LogP contribution in [0.4, 0.5) is 5.82 Å². The SMILES string of the molecule is CCOC(=O)C(Cc1ccccc1)NP(=O)(NC(C=O)Cc1ccccc1)c1cccc(Cn2c(O)nc3c(N)nc(OCCOC)nc32)c1. The normalized spacial score (nSPS) is 13.7. The number of anilines is 1. The van der Waals surface area contributed by atoms with Crippen LogP contribution in [-0.4, -0.2) is 75.9 Å². The summed E-state index contributed by atoms with van der Waals surface area (Å²) in [5.74, 6) is -0.569. The molecule has 0 saturated carbocycles. The smallest absolute Gasteiger partial charge is 0.323 e. The van der Waals surface area contributed by atoms with E-state index in [1.54, 1.807) is 31.2 Å². The third kappa shape index (κ3) is 9.10. The molecule has 3 aromatic carbocycles. The number of carbonyl (C=O) groups excluding carboxylic acids is 2. The van der Waals surface area contributed by atoms with E-state index in [-0.39, 0.29) is 61.6 Å². The quantitative estimate of drug-likeness (QED) is 0.0451. The number of rotatable bonds is 18. The van der Waals surface area contributed by atoms with E-state index in [1.165, 1.54) is 11.7 Å². The molecule has 3 atom stereocenters. The van der Waals surface area contributed by atoms with Crippen molar-refractivity contribution in [2.24, 2.45) is 0 Å². The van der Waals surface area contributed by atoms with E-state index < -0.39 is 25.5 Å². The molecule has 0 saturated heterocycles. The van der Waals surface area contributed by atoms with Gasteiger partial charge in [-0.05, 0) is 48.6 Å². The number of fused-ring (bicyclic) bond motifs is 1. The molecule has 3 unspecified atom stereocenters. The third-order valence-electron chi connectivity index (χ3n) is 7.72. The lowest BCUT2D eigenvalue weighted by Crippen LogP contribution is -2.46. The van der Waals surface area contributed by atoms with Gasteiger partial charge in [0.15, 0.2) is 17.0 Å². The monoisotopic (exact) mass is 701 g/mol. The van der Waals surface area contributed by atoms with Crippen molar-refractivity contribution in [3.63, 3.8) is 0 Å². The molecule has 15 heteroatoms. The molecule has 0 radical (unpaired) electrons. The van der Waals surface area contributed by atoms with Crippen molar-refractivity contribution in [1.29, 1.82) is 0 Å². The predicted molar refractivity (Wildman–Crippen MR) is 188 cm³/mol. The minimum absolute atomic E-state index is 0.0124. The molecule has 0 aliphatic heterocycles. The molecule has 14 nitrogen and oxygen atoms in total. The highest BCUT2D eigenvalue weighted by molar-refractivity contribution is 7.67. The van der Waals surface area contributed by atoms with Gasteiger partial charge in [-0.3, -0.25) is 13.9 Å². The molecule has 50 heavy (non-hydrogen) atoms. The zero-order chi connectivity index (χ0) is 35.5. The molecular weight excluding hydrogens is 661 g/mol. The van der Waals surface area contributed by atoms with Crippen molar-refractivity contribution in [2.45, 2.75) is 38.4 Å². The summed E-state index contributed by atoms with van der Waals surface area (Å²) in [4.78, 5) is 38.4. The zero-order valence-corrected chi connectivity index (χ0v) is 28.7. The van der Waals surface area contributed by atoms with Gasteiger partial charge in [-0.15, -0.1) is 0 Å². The fraction of sp³-hybridized carbons (Fsp3) is 0.286. The van der Waals surface area contributed by atoms with Crippen LogP contribution in [0.5, 0.6) is 12.0 Å². The molecule has 5 rings (SSSR count). The van der Waals surface area contributed by atoms with E-state index >= 15 is 4.57 Å². The zero-order valence-electron chi connectivity index (χ0n) is 27.8. The number of carbonyl (C=O) groups is 2. The first-order chi connectivity index (χ1) is 24.2. The fourth-order valence-corrected chi connectivity index (χ4v) is 7.63. The first kappa shape index (κ1) is 36.1. The number of aldehydes is 1. The summed E-state index contributed by atoms with van der Waals surface area (Å²) in [6.07, 6.45) is 1.14. The summed E-state index contributed by atoms with van der Waals surface area (Å²) in [5, 5.41) is 17.2. The van der Waals surface area contributed by atoms with E-state index in [2.05, 4.69) is 25.1 Å². The fourth-order valence-electron chi connectivity index (χ4n) is 5.36. The molecule has 0 bridgehead atoms. The van der Waals surface area contributed by atoms with Crippen molar-refractivity contribution in [3.8, 4) is 12.0 Å². The van der Waals surface area contributed by atoms with Crippen molar-refractivity contribution in [2.75, 3.05) is 32.7 Å². The van der Waals surface area contributed by atoms with E-state index in [0.717, 1.165) is 11.1 Å². The van der Waals surface area contributed by atoms with Crippen LogP contribution in [0.3, 0.4) is 0 Å². The number of nitrogen functional groups attached to an aromatic ring is 1. The van der Waals surface area contributed by atoms with Crippen molar-refractivity contribution in [3.05, 3.63) is 102 Å². The number of aromatic hydroxyl groups is 1. The number of methoxy groups -OCH3 is 1. The van der Waals surface area contributed by atoms with Crippen LogP contribution in [0, 0.1) is 0 Å². The van der Waals surface area contributed by atoms with Crippen molar-refractivity contribution < 1.29 is 33.5 Å². The van der Waals surface area contributed by atoms with Crippen molar-refractivity contribution in [1.82, 2.24) is 29.7 Å². The topological polar surface area (TPSA) is 193 Å². The van der Waals surface area contributed by atoms with Gasteiger partial charge in [0.2, 0.25) is 7.44 Å². The minimum Gasteiger partial charge on any atom is -0.480 e. The molecule has 0 fully saturated rings. The van der Waals surface area contributed by atoms with Crippen LogP contribution in [0.15, 0.2) is 84.9 Å². The maximum absolute atomic E-state index is 15.2. The molecule has 2 heterocycles. The Bertz CT molecular complexity index is 1940. The number of nitrogens with one attached hydrogen (secondary N) is 2. The number of aromatic nitrogens is 4. The van der Waals surface area contributed by atoms with Gasteiger partial charge in [0.1, 0.15) is 18.9 Å². The lowest BCUT2D eigenvalue weighted by molar-refractivity contribution is -0.145. The van der Waals surface area contributed by atoms with Gasteiger partial charge in [-0.1, -0.05) is 72.8 Å². The summed E-state index contributed by atoms with van der Waals surface area (Å²) in [7, 11) is -2.42. The summed E-state index contributed by atoms with van der Waals surface area (Å²) in [6, 6.07) is 23.1. The molecule has 0 amide bonds. The predicted octanol–water partition coefficient (Wildman–Crippen LogP) is 3.17. The van der Waals surface area contributed by atoms with Crippen LogP contribution in [0.25, 0.3) is 11.2 Å². The summed E-state index contributed by atoms with van der Waals surface area (Å²) in [6.45, 7) is 2.35. The second-order valence-corrected chi connectivity index (χ2v) is 13.6. The second kappa shape index (κ2) is 17.0. The minimum atomic E-state index is -3.96. The molecule has 0 aliphatic rings. The Morgan fingerprint density at radius 2 is 1.62 bits per heavy atom. The molecule has 5 N–H and O–H groups in total. The highest BCUT2D eigenvalue weighted by Gasteiger charge is 2.35. The molecule has 262 valence electrons. The summed E-state index contributed by atoms with van der Waals surface area (Å²) < 4.78 is 32.6. The number of imidazole rings is 1. The summed E-state index contributed by atoms with van der Waals surface area (Å²) in [5.41, 5.74) is 8.80. The Labute approximate surface area is 289 Å². The number of esters is 1. The standard InChI is InChI=1S/C35H40N7O7P/c1-3-48-33(44)29(21-25-13-8-5-9-14-25)41-50(46,40-27(23-43)19-24-11-6-4-7-12-24)28-16-10-15-26(20-28)22-42-32-30(37-35(42)45)31(36)38-34(39-32)49-18-17-47-2/h4-16,20,23,27,29H,3,17-19,21-22H2,1-2H3,(H,37,45)(H2,36,38,39)(H2,40,41,46). The van der Waals surface area contributed by atoms with Gasteiger partial charge in [0, 0.05) is 12.4 Å². The maximum atomic E-state index is 15.2. The van der Waals surface area contributed by atoms with Gasteiger partial charge >= 0.3 is 12.0 Å². The maximum Gasteiger partial charge on any atom is 0.323 e. The largest absolute Gasteiger partial charge is 0.480 e. The van der Waals surface area contributed by atoms with Gasteiger partial charge in [0.25, 0.3) is 6.01 Å². The van der Waals surface area contributed by atoms with Gasteiger partial charge < -0.3 is 29.8 Å². The van der Waals surface area contributed by atoms with Crippen LogP contribution in [-0.2, 0) is 43.0 Å². The van der Waals surface area contributed by atoms with Gasteiger partial charge in [-0.2, -0.15) is 15.0 Å². The summed E-state index contributed by atoms with van der Waals surface area (Å²) >= 11 is 0. The Hall–Kier alpha value is -5.14. The Balaban J connectivity index is 1.52. The number of hydrogen-bond donors (Lipinski definition) is 4. The average molecular weight is 702 g/mol. The third-order valence-corrected chi connectivity index (χ3v) is 10.1. The van der Waals surface area contributed by atoms with Crippen LogP contribution in [0.2, 0.25) is 0 Å². The number of nitrogens with two attached hydrogens (primary N) is 1. The molecular formula is C35H40N7O7P. The first-order valence-electron chi connectivity index (χ1n) is 16.0. The lowest BCUT2D eigenvalue weighted by atomic mass is 10.1. The highest BCUT2D eigenvalue weighted by Crippen LogP contribution is 2.38. The number of benzene rings is 3. The van der Waals surface area contributed by atoms with Crippen molar-refractivity contribution >= 4 is 42.0 Å². The molecule has 5 aromatic rings. The Kier molecular flexibility index (Phi) is 12.3. The highest BCUT2D eigenvalue weighted by atomic mass is 31.2. The molecule has 0 spiro atoms. The first-order valence-corrected chi connectivity index (χ1v) is 17.7. The molecule has 2 aromatic heterocycles. The van der Waals surface area contributed by atoms with Crippen LogP contribution >= 0.6 is 7.44 Å². The van der Waals surface area contributed by atoms with E-state index in [4.69, 9.17) is 19.9 Å². The van der Waals surface area contributed by atoms with Gasteiger partial charge in [-0.25, -0.2) is 10.2 Å². The van der Waals surface area contributed by atoms with Gasteiger partial charge in [0.05, 0.1) is 25.8 Å². The van der Waals surface area contributed by atoms with E-state index in [9.17, 15) is 14.7 Å². The van der Waals surface area contributed by atoms with Crippen LogP contribution < -0.4 is 25.9 Å². The Morgan fingerprint density at radius 1 is 0.940 bits per heavy atom. The second-order valence-electron chi connectivity index (χ2n) is 11.4. The number of nitrogens with zero attached hydrogens (tertiary/aromatic N) is 4. The van der Waals surface area contributed by atoms with E-state index in [0.29, 0.717) is 23.8 Å². The number of ether oxygens (including phenoxy) is 3.